The van der Waals surface area contributed by atoms with Gasteiger partial charge in [0.15, 0.2) is 0 Å². The third kappa shape index (κ3) is 6.24. The topological polar surface area (TPSA) is 3.24 Å². The van der Waals surface area contributed by atoms with Crippen molar-refractivity contribution in [3.8, 4) is 0 Å². The summed E-state index contributed by atoms with van der Waals surface area (Å²) in [7, 11) is 2.30. The van der Waals surface area contributed by atoms with E-state index in [4.69, 9.17) is 0 Å². The summed E-state index contributed by atoms with van der Waals surface area (Å²) < 4.78 is 0. The highest BCUT2D eigenvalue weighted by Crippen LogP contribution is 2.24. The van der Waals surface area contributed by atoms with Crippen LogP contribution in [0.4, 0.5) is 0 Å². The van der Waals surface area contributed by atoms with Gasteiger partial charge in [-0.15, -0.1) is 0 Å². The molecule has 0 amide bonds. The number of alkyl halides is 1. The second-order valence-electron chi connectivity index (χ2n) is 5.64. The van der Waals surface area contributed by atoms with E-state index in [2.05, 4.69) is 34.8 Å². The first-order valence-corrected chi connectivity index (χ1v) is 8.09. The molecule has 0 aromatic rings. The fourth-order valence-electron chi connectivity index (χ4n) is 2.67. The van der Waals surface area contributed by atoms with E-state index >= 15 is 0 Å². The van der Waals surface area contributed by atoms with Gasteiger partial charge < -0.3 is 4.90 Å². The highest BCUT2D eigenvalue weighted by atomic mass is 79.9. The number of rotatable bonds is 7. The van der Waals surface area contributed by atoms with Gasteiger partial charge in [-0.2, -0.15) is 0 Å². The zero-order chi connectivity index (χ0) is 11.8. The first-order valence-electron chi connectivity index (χ1n) is 6.97. The van der Waals surface area contributed by atoms with Gasteiger partial charge in [0.1, 0.15) is 0 Å². The fourth-order valence-corrected chi connectivity index (χ4v) is 3.45. The minimum absolute atomic E-state index is 0.869. The van der Waals surface area contributed by atoms with Crippen LogP contribution >= 0.6 is 15.9 Å². The lowest BCUT2D eigenvalue weighted by Gasteiger charge is -2.27. The zero-order valence-corrected chi connectivity index (χ0v) is 12.6. The first kappa shape index (κ1) is 14.5. The molecule has 0 heterocycles. The highest BCUT2D eigenvalue weighted by molar-refractivity contribution is 9.09. The quantitative estimate of drug-likeness (QED) is 0.632. The molecule has 0 saturated heterocycles. The van der Waals surface area contributed by atoms with Crippen LogP contribution in [0, 0.1) is 11.8 Å². The molecule has 1 aliphatic carbocycles. The van der Waals surface area contributed by atoms with E-state index < -0.39 is 0 Å². The average molecular weight is 290 g/mol. The van der Waals surface area contributed by atoms with E-state index in [0.29, 0.717) is 0 Å². The maximum absolute atomic E-state index is 3.52. The van der Waals surface area contributed by atoms with Crippen molar-refractivity contribution in [2.75, 3.05) is 25.5 Å². The molecular weight excluding hydrogens is 262 g/mol. The summed E-state index contributed by atoms with van der Waals surface area (Å²) >= 11 is 3.52. The normalized spacial score (nSPS) is 20.2. The van der Waals surface area contributed by atoms with Gasteiger partial charge in [0.25, 0.3) is 0 Å². The van der Waals surface area contributed by atoms with Crippen molar-refractivity contribution in [3.05, 3.63) is 0 Å². The lowest BCUT2D eigenvalue weighted by Crippen LogP contribution is -2.28. The lowest BCUT2D eigenvalue weighted by atomic mass is 9.89. The first-order chi connectivity index (χ1) is 7.72. The molecule has 1 nitrogen and oxygen atoms in total. The summed E-state index contributed by atoms with van der Waals surface area (Å²) in [5.41, 5.74) is 0. The molecule has 0 N–H and O–H groups in total. The van der Waals surface area contributed by atoms with Crippen LogP contribution in [0.15, 0.2) is 0 Å². The van der Waals surface area contributed by atoms with Gasteiger partial charge in [0.05, 0.1) is 0 Å². The van der Waals surface area contributed by atoms with Crippen molar-refractivity contribution in [2.24, 2.45) is 11.8 Å². The minimum Gasteiger partial charge on any atom is -0.306 e. The summed E-state index contributed by atoms with van der Waals surface area (Å²) in [6.07, 6.45) is 10.0. The Morgan fingerprint density at radius 1 is 1.19 bits per heavy atom. The summed E-state index contributed by atoms with van der Waals surface area (Å²) in [5.74, 6) is 1.86. The predicted octanol–water partition coefficient (Wildman–Crippen LogP) is 4.31. The molecule has 0 radical (unpaired) electrons. The highest BCUT2D eigenvalue weighted by Gasteiger charge is 2.15. The van der Waals surface area contributed by atoms with Crippen LogP contribution in [0.25, 0.3) is 0 Å². The van der Waals surface area contributed by atoms with Gasteiger partial charge >= 0.3 is 0 Å². The van der Waals surface area contributed by atoms with Crippen LogP contribution in [-0.4, -0.2) is 30.4 Å². The maximum atomic E-state index is 3.52. The van der Waals surface area contributed by atoms with E-state index in [1.54, 1.807) is 0 Å². The number of hydrogen-bond acceptors (Lipinski definition) is 1. The van der Waals surface area contributed by atoms with Crippen molar-refractivity contribution in [3.63, 3.8) is 0 Å². The molecular formula is C14H28BrN. The third-order valence-electron chi connectivity index (χ3n) is 3.90. The van der Waals surface area contributed by atoms with Gasteiger partial charge in [-0.1, -0.05) is 42.1 Å². The van der Waals surface area contributed by atoms with Crippen LogP contribution in [0.1, 0.15) is 51.9 Å². The Kier molecular flexibility index (Phi) is 7.72. The second-order valence-corrected chi connectivity index (χ2v) is 6.43. The fraction of sp³-hybridized carbons (Fsp3) is 1.00. The molecule has 0 aromatic carbocycles. The van der Waals surface area contributed by atoms with Crippen molar-refractivity contribution in [2.45, 2.75) is 51.9 Å². The Labute approximate surface area is 110 Å². The molecule has 1 saturated carbocycles. The number of halogens is 1. The van der Waals surface area contributed by atoms with E-state index in [-0.39, 0.29) is 0 Å². The summed E-state index contributed by atoms with van der Waals surface area (Å²) in [6.45, 7) is 4.99. The molecule has 1 atom stereocenters. The van der Waals surface area contributed by atoms with Crippen molar-refractivity contribution >= 4 is 15.9 Å². The molecule has 2 heteroatoms. The molecule has 0 aliphatic heterocycles. The van der Waals surface area contributed by atoms with E-state index in [9.17, 15) is 0 Å². The SMILES string of the molecule is CC(CCBr)CCN(C)CC1CCCCC1. The summed E-state index contributed by atoms with van der Waals surface area (Å²) in [4.78, 5) is 2.56. The summed E-state index contributed by atoms with van der Waals surface area (Å²) in [6, 6.07) is 0. The van der Waals surface area contributed by atoms with E-state index in [1.807, 2.05) is 0 Å². The van der Waals surface area contributed by atoms with Gasteiger partial charge in [0.2, 0.25) is 0 Å². The van der Waals surface area contributed by atoms with Crippen LogP contribution in [0.5, 0.6) is 0 Å². The number of nitrogens with zero attached hydrogens (tertiary/aromatic N) is 1. The molecule has 1 unspecified atom stereocenters. The molecule has 1 rings (SSSR count). The molecule has 1 fully saturated rings. The van der Waals surface area contributed by atoms with Crippen LogP contribution in [-0.2, 0) is 0 Å². The largest absolute Gasteiger partial charge is 0.306 e. The average Bonchev–Trinajstić information content (AvgIpc) is 2.28. The van der Waals surface area contributed by atoms with E-state index in [0.717, 1.165) is 17.2 Å². The summed E-state index contributed by atoms with van der Waals surface area (Å²) in [5, 5.41) is 1.15. The molecule has 0 spiro atoms. The predicted molar refractivity (Wildman–Crippen MR) is 76.3 cm³/mol. The standard InChI is InChI=1S/C14H28BrN/c1-13(8-10-15)9-11-16(2)12-14-6-4-3-5-7-14/h13-14H,3-12H2,1-2H3. The van der Waals surface area contributed by atoms with Crippen molar-refractivity contribution in [1.82, 2.24) is 4.90 Å². The Balaban J connectivity index is 2.07. The molecule has 0 aromatic heterocycles. The van der Waals surface area contributed by atoms with E-state index in [1.165, 1.54) is 58.0 Å². The van der Waals surface area contributed by atoms with Gasteiger partial charge in [0, 0.05) is 11.9 Å². The van der Waals surface area contributed by atoms with Crippen LogP contribution in [0.3, 0.4) is 0 Å². The molecule has 16 heavy (non-hydrogen) atoms. The maximum Gasteiger partial charge on any atom is 0.00338 e. The van der Waals surface area contributed by atoms with Crippen LogP contribution in [0.2, 0.25) is 0 Å². The Hall–Kier alpha value is 0.440. The van der Waals surface area contributed by atoms with Crippen molar-refractivity contribution in [1.29, 1.82) is 0 Å². The monoisotopic (exact) mass is 289 g/mol. The van der Waals surface area contributed by atoms with Crippen molar-refractivity contribution < 1.29 is 0 Å². The Morgan fingerprint density at radius 2 is 1.88 bits per heavy atom. The van der Waals surface area contributed by atoms with Gasteiger partial charge in [-0.3, -0.25) is 0 Å². The minimum atomic E-state index is 0.869. The van der Waals surface area contributed by atoms with Crippen LogP contribution < -0.4 is 0 Å². The van der Waals surface area contributed by atoms with Gasteiger partial charge in [-0.25, -0.2) is 0 Å². The molecule has 1 aliphatic rings. The smallest absolute Gasteiger partial charge is 0.00338 e. The zero-order valence-electron chi connectivity index (χ0n) is 11.1. The molecule has 96 valence electrons. The molecule has 0 bridgehead atoms. The number of hydrogen-bond donors (Lipinski definition) is 0. The third-order valence-corrected chi connectivity index (χ3v) is 4.36. The lowest BCUT2D eigenvalue weighted by molar-refractivity contribution is 0.223. The second kappa shape index (κ2) is 8.52. The Morgan fingerprint density at radius 3 is 2.50 bits per heavy atom. The Bertz CT molecular complexity index is 166. The van der Waals surface area contributed by atoms with Gasteiger partial charge in [-0.05, 0) is 51.1 Å².